The highest BCUT2D eigenvalue weighted by molar-refractivity contribution is 7.90. The third-order valence-corrected chi connectivity index (χ3v) is 5.97. The molecule has 0 heterocycles. The van der Waals surface area contributed by atoms with E-state index >= 15 is 0 Å². The Kier molecular flexibility index (Phi) is 5.39. The SMILES string of the molecule is Cc1cc(OCCCS(C)(=O)=O)cc(C)c1-c1cccc2c1CC[C@@H]2O. The van der Waals surface area contributed by atoms with Crippen LogP contribution in [-0.4, -0.2) is 32.1 Å². The van der Waals surface area contributed by atoms with Gasteiger partial charge in [-0.2, -0.15) is 0 Å². The summed E-state index contributed by atoms with van der Waals surface area (Å²) in [5.74, 6) is 0.909. The number of aliphatic hydroxyl groups is 1. The van der Waals surface area contributed by atoms with Gasteiger partial charge in [-0.3, -0.25) is 0 Å². The van der Waals surface area contributed by atoms with Gasteiger partial charge < -0.3 is 9.84 Å². The maximum Gasteiger partial charge on any atom is 0.147 e. The first kappa shape index (κ1) is 18.9. The molecule has 0 saturated carbocycles. The summed E-state index contributed by atoms with van der Waals surface area (Å²) in [6.07, 6.45) is 3.05. The van der Waals surface area contributed by atoms with Crippen LogP contribution in [0.5, 0.6) is 5.75 Å². The number of sulfone groups is 1. The monoisotopic (exact) mass is 374 g/mol. The fraction of sp³-hybridized carbons (Fsp3) is 0.429. The molecule has 0 spiro atoms. The zero-order valence-corrected chi connectivity index (χ0v) is 16.4. The summed E-state index contributed by atoms with van der Waals surface area (Å²) in [7, 11) is -2.95. The van der Waals surface area contributed by atoms with E-state index in [1.54, 1.807) is 0 Å². The first-order valence-electron chi connectivity index (χ1n) is 8.98. The third-order valence-electron chi connectivity index (χ3n) is 4.94. The number of rotatable bonds is 6. The Morgan fingerprint density at radius 3 is 2.54 bits per heavy atom. The molecule has 3 rings (SSSR count). The molecule has 0 bridgehead atoms. The minimum atomic E-state index is -2.95. The van der Waals surface area contributed by atoms with E-state index in [1.807, 2.05) is 24.3 Å². The van der Waals surface area contributed by atoms with Crippen molar-refractivity contribution < 1.29 is 18.3 Å². The van der Waals surface area contributed by atoms with Gasteiger partial charge in [0.05, 0.1) is 18.5 Å². The van der Waals surface area contributed by atoms with Gasteiger partial charge in [0.25, 0.3) is 0 Å². The smallest absolute Gasteiger partial charge is 0.147 e. The summed E-state index contributed by atoms with van der Waals surface area (Å²) in [4.78, 5) is 0. The van der Waals surface area contributed by atoms with Crippen LogP contribution in [0.1, 0.15) is 41.2 Å². The number of aryl methyl sites for hydroxylation is 2. The number of aliphatic hydroxyl groups excluding tert-OH is 1. The van der Waals surface area contributed by atoms with Crippen molar-refractivity contribution in [3.8, 4) is 16.9 Å². The normalized spacial score (nSPS) is 16.5. The third kappa shape index (κ3) is 4.10. The van der Waals surface area contributed by atoms with E-state index < -0.39 is 9.84 Å². The Morgan fingerprint density at radius 2 is 1.88 bits per heavy atom. The molecule has 2 aromatic rings. The van der Waals surface area contributed by atoms with Crippen LogP contribution in [0.4, 0.5) is 0 Å². The number of hydrogen-bond acceptors (Lipinski definition) is 4. The Labute approximate surface area is 155 Å². The second kappa shape index (κ2) is 7.41. The fourth-order valence-corrected chi connectivity index (χ4v) is 4.45. The highest BCUT2D eigenvalue weighted by Gasteiger charge is 2.24. The first-order chi connectivity index (χ1) is 12.3. The molecule has 0 fully saturated rings. The average Bonchev–Trinajstić information content (AvgIpc) is 2.92. The van der Waals surface area contributed by atoms with Crippen molar-refractivity contribution in [3.63, 3.8) is 0 Å². The van der Waals surface area contributed by atoms with Gasteiger partial charge >= 0.3 is 0 Å². The largest absolute Gasteiger partial charge is 0.494 e. The zero-order chi connectivity index (χ0) is 18.9. The van der Waals surface area contributed by atoms with Gasteiger partial charge in [0.2, 0.25) is 0 Å². The predicted molar refractivity (Wildman–Crippen MR) is 104 cm³/mol. The molecule has 1 N–H and O–H groups in total. The van der Waals surface area contributed by atoms with Crippen LogP contribution in [0.2, 0.25) is 0 Å². The number of ether oxygens (including phenoxy) is 1. The number of hydrogen-bond donors (Lipinski definition) is 1. The molecular weight excluding hydrogens is 348 g/mol. The van der Waals surface area contributed by atoms with E-state index in [1.165, 1.54) is 22.9 Å². The Bertz CT molecular complexity index is 893. The molecule has 0 unspecified atom stereocenters. The summed E-state index contributed by atoms with van der Waals surface area (Å²) in [5, 5.41) is 10.2. The van der Waals surface area contributed by atoms with Crippen LogP contribution in [0, 0.1) is 13.8 Å². The minimum absolute atomic E-state index is 0.140. The van der Waals surface area contributed by atoms with Gasteiger partial charge in [0, 0.05) is 6.26 Å². The lowest BCUT2D eigenvalue weighted by molar-refractivity contribution is 0.180. The predicted octanol–water partition coefficient (Wildman–Crippen LogP) is 3.76. The van der Waals surface area contributed by atoms with Crippen LogP contribution in [0.3, 0.4) is 0 Å². The molecule has 4 nitrogen and oxygen atoms in total. The van der Waals surface area contributed by atoms with E-state index in [0.717, 1.165) is 35.3 Å². The topological polar surface area (TPSA) is 63.6 Å². The van der Waals surface area contributed by atoms with Crippen LogP contribution in [0.25, 0.3) is 11.1 Å². The van der Waals surface area contributed by atoms with Crippen molar-refractivity contribution in [1.82, 2.24) is 0 Å². The lowest BCUT2D eigenvalue weighted by atomic mass is 9.90. The molecule has 140 valence electrons. The Hall–Kier alpha value is -1.85. The second-order valence-corrected chi connectivity index (χ2v) is 9.45. The van der Waals surface area contributed by atoms with Gasteiger partial charge in [-0.25, -0.2) is 8.42 Å². The van der Waals surface area contributed by atoms with Crippen LogP contribution < -0.4 is 4.74 Å². The lowest BCUT2D eigenvalue weighted by Gasteiger charge is -2.17. The molecule has 0 saturated heterocycles. The summed E-state index contributed by atoms with van der Waals surface area (Å²) in [5.41, 5.74) is 6.92. The van der Waals surface area contributed by atoms with Crippen molar-refractivity contribution in [2.75, 3.05) is 18.6 Å². The number of benzene rings is 2. The molecule has 0 amide bonds. The van der Waals surface area contributed by atoms with Crippen molar-refractivity contribution in [3.05, 3.63) is 52.6 Å². The number of fused-ring (bicyclic) bond motifs is 1. The molecule has 2 aromatic carbocycles. The first-order valence-corrected chi connectivity index (χ1v) is 11.0. The van der Waals surface area contributed by atoms with Gasteiger partial charge in [-0.15, -0.1) is 0 Å². The van der Waals surface area contributed by atoms with Crippen LogP contribution >= 0.6 is 0 Å². The standard InChI is InChI=1S/C21H26O4S/c1-14-12-16(25-10-5-11-26(3,23)24)13-15(2)21(14)19-7-4-6-18-17(19)8-9-20(18)22/h4,6-7,12-13,20,22H,5,8-11H2,1-3H3/t20-/m0/s1. The van der Waals surface area contributed by atoms with Gasteiger partial charge in [-0.05, 0) is 78.6 Å². The maximum absolute atomic E-state index is 11.2. The van der Waals surface area contributed by atoms with Crippen molar-refractivity contribution in [2.24, 2.45) is 0 Å². The quantitative estimate of drug-likeness (QED) is 0.782. The Morgan fingerprint density at radius 1 is 1.19 bits per heavy atom. The van der Waals surface area contributed by atoms with Gasteiger partial charge in [0.1, 0.15) is 15.6 Å². The van der Waals surface area contributed by atoms with E-state index in [0.29, 0.717) is 13.0 Å². The highest BCUT2D eigenvalue weighted by Crippen LogP contribution is 2.40. The van der Waals surface area contributed by atoms with Crippen molar-refractivity contribution in [2.45, 2.75) is 39.2 Å². The molecule has 1 aliphatic carbocycles. The maximum atomic E-state index is 11.2. The zero-order valence-electron chi connectivity index (χ0n) is 15.6. The molecular formula is C21H26O4S. The van der Waals surface area contributed by atoms with Crippen LogP contribution in [0.15, 0.2) is 30.3 Å². The highest BCUT2D eigenvalue weighted by atomic mass is 32.2. The second-order valence-electron chi connectivity index (χ2n) is 7.19. The summed E-state index contributed by atoms with van der Waals surface area (Å²) in [6.45, 7) is 4.52. The molecule has 0 radical (unpaired) electrons. The lowest BCUT2D eigenvalue weighted by Crippen LogP contribution is -2.08. The molecule has 0 aromatic heterocycles. The molecule has 26 heavy (non-hydrogen) atoms. The summed E-state index contributed by atoms with van der Waals surface area (Å²) >= 11 is 0. The van der Waals surface area contributed by atoms with Gasteiger partial charge in [0.15, 0.2) is 0 Å². The molecule has 1 atom stereocenters. The van der Waals surface area contributed by atoms with E-state index in [2.05, 4.69) is 19.9 Å². The molecule has 1 aliphatic rings. The minimum Gasteiger partial charge on any atom is -0.494 e. The molecule has 5 heteroatoms. The molecule has 0 aliphatic heterocycles. The fourth-order valence-electron chi connectivity index (χ4n) is 3.81. The van der Waals surface area contributed by atoms with E-state index in [9.17, 15) is 13.5 Å². The van der Waals surface area contributed by atoms with Crippen molar-refractivity contribution >= 4 is 9.84 Å². The van der Waals surface area contributed by atoms with E-state index in [4.69, 9.17) is 4.74 Å². The average molecular weight is 375 g/mol. The van der Waals surface area contributed by atoms with Crippen molar-refractivity contribution in [1.29, 1.82) is 0 Å². The summed E-state index contributed by atoms with van der Waals surface area (Å²) in [6, 6.07) is 10.2. The van der Waals surface area contributed by atoms with E-state index in [-0.39, 0.29) is 11.9 Å². The Balaban J connectivity index is 1.83. The van der Waals surface area contributed by atoms with Gasteiger partial charge in [-0.1, -0.05) is 18.2 Å². The summed E-state index contributed by atoms with van der Waals surface area (Å²) < 4.78 is 28.1. The van der Waals surface area contributed by atoms with Crippen LogP contribution in [-0.2, 0) is 16.3 Å².